The molecule has 2 heterocycles. The highest BCUT2D eigenvalue weighted by molar-refractivity contribution is 5.82. The molecule has 3 atom stereocenters. The number of hydrogen-bond donors (Lipinski definition) is 0. The van der Waals surface area contributed by atoms with E-state index in [0.717, 1.165) is 51.2 Å². The topological polar surface area (TPSA) is 32.8 Å². The van der Waals surface area contributed by atoms with Gasteiger partial charge in [-0.05, 0) is 49.4 Å². The van der Waals surface area contributed by atoms with Crippen molar-refractivity contribution in [2.45, 2.75) is 44.7 Å². The number of piperidine rings is 1. The highest BCUT2D eigenvalue weighted by Crippen LogP contribution is 2.44. The Morgan fingerprint density at radius 3 is 2.60 bits per heavy atom. The first kappa shape index (κ1) is 19.6. The Kier molecular flexibility index (Phi) is 5.28. The van der Waals surface area contributed by atoms with Crippen molar-refractivity contribution in [3.05, 3.63) is 65.2 Å². The van der Waals surface area contributed by atoms with Gasteiger partial charge in [-0.3, -0.25) is 9.69 Å². The van der Waals surface area contributed by atoms with Crippen molar-refractivity contribution in [3.63, 3.8) is 0 Å². The molecule has 0 bridgehead atoms. The average molecular weight is 405 g/mol. The van der Waals surface area contributed by atoms with Crippen LogP contribution in [0.5, 0.6) is 5.75 Å². The van der Waals surface area contributed by atoms with Gasteiger partial charge in [0.15, 0.2) is 0 Å². The molecule has 0 aromatic heterocycles. The number of carbonyl (C=O) groups is 1. The van der Waals surface area contributed by atoms with Gasteiger partial charge in [-0.25, -0.2) is 0 Å². The maximum absolute atomic E-state index is 13.1. The fourth-order valence-electron chi connectivity index (χ4n) is 5.44. The van der Waals surface area contributed by atoms with E-state index in [2.05, 4.69) is 59.2 Å². The minimum atomic E-state index is 0.292. The second-order valence-corrected chi connectivity index (χ2v) is 9.39. The van der Waals surface area contributed by atoms with Gasteiger partial charge in [-0.2, -0.15) is 0 Å². The zero-order chi connectivity index (χ0) is 20.7. The molecule has 0 N–H and O–H groups in total. The Morgan fingerprint density at radius 2 is 1.87 bits per heavy atom. The van der Waals surface area contributed by atoms with Gasteiger partial charge in [-0.1, -0.05) is 42.0 Å². The van der Waals surface area contributed by atoms with Crippen LogP contribution in [0.2, 0.25) is 0 Å². The van der Waals surface area contributed by atoms with Gasteiger partial charge in [0.2, 0.25) is 5.91 Å². The monoisotopic (exact) mass is 404 g/mol. The summed E-state index contributed by atoms with van der Waals surface area (Å²) in [7, 11) is 1.73. The molecule has 0 radical (unpaired) electrons. The van der Waals surface area contributed by atoms with Gasteiger partial charge >= 0.3 is 0 Å². The van der Waals surface area contributed by atoms with E-state index in [1.165, 1.54) is 16.7 Å². The molecular formula is C26H32N2O2. The molecular weight excluding hydrogens is 372 g/mol. The standard InChI is InChI=1S/C26H32N2O2/c1-18-6-8-19(9-7-18)15-27-13-12-25-24(16-27)23(17-28(25)26(29)20-10-11-20)21-4-3-5-22(14-21)30-2/h3-9,14,20,23-25H,10-13,15-17H2,1-2H3/t23-,24-,25-/m0/s1. The Hall–Kier alpha value is -2.33. The van der Waals surface area contributed by atoms with E-state index in [9.17, 15) is 4.79 Å². The Bertz CT molecular complexity index is 906. The highest BCUT2D eigenvalue weighted by atomic mass is 16.5. The van der Waals surface area contributed by atoms with E-state index >= 15 is 0 Å². The lowest BCUT2D eigenvalue weighted by Gasteiger charge is -2.39. The molecule has 0 unspecified atom stereocenters. The normalized spacial score (nSPS) is 26.5. The predicted octanol–water partition coefficient (Wildman–Crippen LogP) is 4.23. The van der Waals surface area contributed by atoms with Crippen molar-refractivity contribution in [1.82, 2.24) is 9.80 Å². The third kappa shape index (κ3) is 3.85. The summed E-state index contributed by atoms with van der Waals surface area (Å²) in [4.78, 5) is 17.9. The number of amides is 1. The van der Waals surface area contributed by atoms with Crippen LogP contribution in [-0.4, -0.2) is 48.5 Å². The van der Waals surface area contributed by atoms with E-state index in [1.54, 1.807) is 7.11 Å². The molecule has 5 rings (SSSR count). The van der Waals surface area contributed by atoms with Crippen molar-refractivity contribution in [3.8, 4) is 5.75 Å². The van der Waals surface area contributed by atoms with E-state index in [-0.39, 0.29) is 0 Å². The van der Waals surface area contributed by atoms with Crippen molar-refractivity contribution in [1.29, 1.82) is 0 Å². The molecule has 4 nitrogen and oxygen atoms in total. The second-order valence-electron chi connectivity index (χ2n) is 9.39. The quantitative estimate of drug-likeness (QED) is 0.748. The lowest BCUT2D eigenvalue weighted by atomic mass is 9.81. The Morgan fingerprint density at radius 1 is 1.07 bits per heavy atom. The number of ether oxygens (including phenoxy) is 1. The lowest BCUT2D eigenvalue weighted by molar-refractivity contribution is -0.134. The van der Waals surface area contributed by atoms with Crippen LogP contribution >= 0.6 is 0 Å². The van der Waals surface area contributed by atoms with Crippen LogP contribution < -0.4 is 4.74 Å². The van der Waals surface area contributed by atoms with E-state index in [0.29, 0.717) is 29.7 Å². The van der Waals surface area contributed by atoms with Crippen LogP contribution in [0.3, 0.4) is 0 Å². The maximum Gasteiger partial charge on any atom is 0.225 e. The van der Waals surface area contributed by atoms with Gasteiger partial charge in [0, 0.05) is 50.0 Å². The first-order valence-corrected chi connectivity index (χ1v) is 11.3. The van der Waals surface area contributed by atoms with Crippen LogP contribution in [0.15, 0.2) is 48.5 Å². The van der Waals surface area contributed by atoms with Crippen LogP contribution in [-0.2, 0) is 11.3 Å². The first-order valence-electron chi connectivity index (χ1n) is 11.3. The number of hydrogen-bond acceptors (Lipinski definition) is 3. The molecule has 4 heteroatoms. The third-order valence-corrected chi connectivity index (χ3v) is 7.27. The summed E-state index contributed by atoms with van der Waals surface area (Å²) < 4.78 is 5.49. The first-order chi connectivity index (χ1) is 14.6. The maximum atomic E-state index is 13.1. The fraction of sp³-hybridized carbons (Fsp3) is 0.500. The Labute approximate surface area is 179 Å². The van der Waals surface area contributed by atoms with Crippen molar-refractivity contribution < 1.29 is 9.53 Å². The molecule has 1 aliphatic carbocycles. The molecule has 3 fully saturated rings. The zero-order valence-corrected chi connectivity index (χ0v) is 18.1. The minimum absolute atomic E-state index is 0.292. The van der Waals surface area contributed by atoms with Crippen LogP contribution in [0.4, 0.5) is 0 Å². The number of nitrogens with zero attached hydrogens (tertiary/aromatic N) is 2. The number of benzene rings is 2. The Balaban J connectivity index is 1.38. The number of methoxy groups -OCH3 is 1. The smallest absolute Gasteiger partial charge is 0.225 e. The highest BCUT2D eigenvalue weighted by Gasteiger charge is 2.49. The number of aryl methyl sites for hydroxylation is 1. The van der Waals surface area contributed by atoms with Crippen molar-refractivity contribution in [2.24, 2.45) is 11.8 Å². The van der Waals surface area contributed by atoms with Gasteiger partial charge in [0.25, 0.3) is 0 Å². The molecule has 3 aliphatic rings. The largest absolute Gasteiger partial charge is 0.497 e. The molecule has 1 saturated carbocycles. The summed E-state index contributed by atoms with van der Waals surface area (Å²) in [6.45, 7) is 6.10. The van der Waals surface area contributed by atoms with Crippen LogP contribution in [0.25, 0.3) is 0 Å². The van der Waals surface area contributed by atoms with Crippen molar-refractivity contribution >= 4 is 5.91 Å². The number of likely N-dealkylation sites (tertiary alicyclic amines) is 2. The lowest BCUT2D eigenvalue weighted by Crippen LogP contribution is -2.48. The molecule has 2 aliphatic heterocycles. The predicted molar refractivity (Wildman–Crippen MR) is 119 cm³/mol. The number of carbonyl (C=O) groups excluding carboxylic acids is 1. The van der Waals surface area contributed by atoms with Gasteiger partial charge in [-0.15, -0.1) is 0 Å². The summed E-state index contributed by atoms with van der Waals surface area (Å²) in [5.41, 5.74) is 3.99. The van der Waals surface area contributed by atoms with E-state index < -0.39 is 0 Å². The molecule has 30 heavy (non-hydrogen) atoms. The van der Waals surface area contributed by atoms with Gasteiger partial charge in [0.05, 0.1) is 7.11 Å². The van der Waals surface area contributed by atoms with Crippen molar-refractivity contribution in [2.75, 3.05) is 26.7 Å². The molecule has 0 spiro atoms. The number of fused-ring (bicyclic) bond motifs is 1. The molecule has 2 saturated heterocycles. The summed E-state index contributed by atoms with van der Waals surface area (Å²) in [5.74, 6) is 2.47. The van der Waals surface area contributed by atoms with E-state index in [1.807, 2.05) is 6.07 Å². The third-order valence-electron chi connectivity index (χ3n) is 7.27. The minimum Gasteiger partial charge on any atom is -0.497 e. The summed E-state index contributed by atoms with van der Waals surface area (Å²) in [6.07, 6.45) is 3.24. The second kappa shape index (κ2) is 8.07. The SMILES string of the molecule is COc1cccc([C@@H]2CN(C(=O)C3CC3)[C@H]3CCN(Cc4ccc(C)cc4)C[C@@H]23)c1. The van der Waals surface area contributed by atoms with Crippen LogP contribution in [0, 0.1) is 18.8 Å². The van der Waals surface area contributed by atoms with Gasteiger partial charge < -0.3 is 9.64 Å². The summed E-state index contributed by atoms with van der Waals surface area (Å²) in [5, 5.41) is 0. The molecule has 2 aromatic carbocycles. The number of rotatable bonds is 5. The van der Waals surface area contributed by atoms with E-state index in [4.69, 9.17) is 4.74 Å². The summed E-state index contributed by atoms with van der Waals surface area (Å²) >= 11 is 0. The van der Waals surface area contributed by atoms with Gasteiger partial charge in [0.1, 0.15) is 5.75 Å². The molecule has 2 aromatic rings. The van der Waals surface area contributed by atoms with Crippen LogP contribution in [0.1, 0.15) is 41.9 Å². The zero-order valence-electron chi connectivity index (χ0n) is 18.1. The average Bonchev–Trinajstić information content (AvgIpc) is 3.56. The fourth-order valence-corrected chi connectivity index (χ4v) is 5.44. The molecule has 1 amide bonds. The molecule has 158 valence electrons. The summed E-state index contributed by atoms with van der Waals surface area (Å²) in [6, 6.07) is 17.8.